The first-order valence-electron chi connectivity index (χ1n) is 6.19. The van der Waals surface area contributed by atoms with Crippen LogP contribution in [0.25, 0.3) is 0 Å². The molecule has 1 saturated carbocycles. The number of methoxy groups -OCH3 is 1. The molecular formula is C13H17NO4. The second kappa shape index (κ2) is 3.02. The lowest BCUT2D eigenvalue weighted by Crippen LogP contribution is -2.77. The van der Waals surface area contributed by atoms with Gasteiger partial charge in [-0.25, -0.2) is 0 Å². The van der Waals surface area contributed by atoms with Gasteiger partial charge in [-0.1, -0.05) is 6.92 Å². The monoisotopic (exact) mass is 251 g/mol. The van der Waals surface area contributed by atoms with Crippen molar-refractivity contribution in [3.05, 3.63) is 0 Å². The van der Waals surface area contributed by atoms with Crippen molar-refractivity contribution < 1.29 is 19.1 Å². The zero-order valence-corrected chi connectivity index (χ0v) is 10.9. The van der Waals surface area contributed by atoms with E-state index in [1.807, 2.05) is 6.92 Å². The van der Waals surface area contributed by atoms with E-state index in [-0.39, 0.29) is 11.6 Å². The van der Waals surface area contributed by atoms with Crippen LogP contribution in [-0.2, 0) is 19.1 Å². The quantitative estimate of drug-likeness (QED) is 0.486. The summed E-state index contributed by atoms with van der Waals surface area (Å²) in [6, 6.07) is 0. The zero-order chi connectivity index (χ0) is 13.3. The van der Waals surface area contributed by atoms with Gasteiger partial charge >= 0.3 is 5.97 Å². The SMILES string of the molecule is COC(=O)[C@@]12CN3C[C@](C)(C1)C(=O)[C@](C)(C3)C2=O. The minimum Gasteiger partial charge on any atom is -0.468 e. The predicted molar refractivity (Wildman–Crippen MR) is 61.7 cm³/mol. The summed E-state index contributed by atoms with van der Waals surface area (Å²) >= 11 is 0. The van der Waals surface area contributed by atoms with Crippen molar-refractivity contribution in [3.63, 3.8) is 0 Å². The van der Waals surface area contributed by atoms with Gasteiger partial charge in [0.15, 0.2) is 11.6 Å². The van der Waals surface area contributed by atoms with Crippen molar-refractivity contribution in [3.8, 4) is 0 Å². The lowest BCUT2D eigenvalue weighted by atomic mass is 9.47. The molecule has 98 valence electrons. The number of rotatable bonds is 1. The minimum atomic E-state index is -1.12. The van der Waals surface area contributed by atoms with Crippen LogP contribution in [0.1, 0.15) is 20.3 Å². The molecule has 4 bridgehead atoms. The standard InChI is InChI=1S/C13H17NO4/c1-11-4-13(10(17)18-3)7-14(5-11)6-12(2,8(11)15)9(13)16/h4-7H2,1-3H3/t11-,12-,13+/m0/s1. The molecule has 0 aromatic heterocycles. The molecule has 0 spiro atoms. The molecule has 4 atom stereocenters. The van der Waals surface area contributed by atoms with Gasteiger partial charge in [0.1, 0.15) is 5.41 Å². The van der Waals surface area contributed by atoms with Gasteiger partial charge in [-0.05, 0) is 13.3 Å². The fourth-order valence-corrected chi connectivity index (χ4v) is 4.44. The summed E-state index contributed by atoms with van der Waals surface area (Å²) in [6.45, 7) is 5.03. The maximum atomic E-state index is 12.6. The van der Waals surface area contributed by atoms with Crippen molar-refractivity contribution >= 4 is 17.5 Å². The number of carbonyl (C=O) groups excluding carboxylic acids is 3. The number of Topliss-reactive ketones (excluding diaryl/α,β-unsaturated/α-hetero) is 2. The second-order valence-electron chi connectivity index (χ2n) is 6.45. The molecule has 0 aromatic carbocycles. The van der Waals surface area contributed by atoms with Gasteiger partial charge in [-0.15, -0.1) is 0 Å². The third kappa shape index (κ3) is 1.04. The molecular weight excluding hydrogens is 234 g/mol. The normalized spacial score (nSPS) is 49.6. The highest BCUT2D eigenvalue weighted by molar-refractivity contribution is 6.21. The van der Waals surface area contributed by atoms with Gasteiger partial charge in [0.2, 0.25) is 0 Å². The van der Waals surface area contributed by atoms with E-state index in [1.54, 1.807) is 6.92 Å². The fourth-order valence-electron chi connectivity index (χ4n) is 4.44. The van der Waals surface area contributed by atoms with Crippen molar-refractivity contribution in [2.75, 3.05) is 26.7 Å². The van der Waals surface area contributed by atoms with Gasteiger partial charge in [0.05, 0.1) is 12.5 Å². The Bertz CT molecular complexity index is 487. The summed E-state index contributed by atoms with van der Waals surface area (Å²) < 4.78 is 4.83. The third-order valence-electron chi connectivity index (χ3n) is 4.86. The van der Waals surface area contributed by atoms with Crippen molar-refractivity contribution in [2.45, 2.75) is 20.3 Å². The van der Waals surface area contributed by atoms with Gasteiger partial charge in [0.25, 0.3) is 0 Å². The number of nitrogens with zero attached hydrogens (tertiary/aromatic N) is 1. The Morgan fingerprint density at radius 2 is 1.83 bits per heavy atom. The van der Waals surface area contributed by atoms with E-state index in [1.165, 1.54) is 7.11 Å². The molecule has 5 heteroatoms. The van der Waals surface area contributed by atoms with Gasteiger partial charge in [0, 0.05) is 25.0 Å². The Kier molecular flexibility index (Phi) is 1.98. The molecule has 0 N–H and O–H groups in total. The summed E-state index contributed by atoms with van der Waals surface area (Å²) in [4.78, 5) is 39.2. The second-order valence-corrected chi connectivity index (χ2v) is 6.45. The lowest BCUT2D eigenvalue weighted by molar-refractivity contribution is -0.196. The van der Waals surface area contributed by atoms with E-state index in [0.717, 1.165) is 0 Å². The number of hydrogen-bond donors (Lipinski definition) is 0. The van der Waals surface area contributed by atoms with E-state index in [2.05, 4.69) is 4.90 Å². The summed E-state index contributed by atoms with van der Waals surface area (Å²) in [7, 11) is 1.30. The van der Waals surface area contributed by atoms with Crippen LogP contribution in [0.4, 0.5) is 0 Å². The van der Waals surface area contributed by atoms with Gasteiger partial charge in [-0.2, -0.15) is 0 Å². The number of piperidine rings is 3. The average Bonchev–Trinajstić information content (AvgIpc) is 2.31. The third-order valence-corrected chi connectivity index (χ3v) is 4.86. The van der Waals surface area contributed by atoms with E-state index in [0.29, 0.717) is 26.1 Å². The van der Waals surface area contributed by atoms with Gasteiger partial charge in [-0.3, -0.25) is 19.3 Å². The molecule has 4 fully saturated rings. The van der Waals surface area contributed by atoms with Crippen LogP contribution in [0.15, 0.2) is 0 Å². The van der Waals surface area contributed by atoms with Crippen molar-refractivity contribution in [1.82, 2.24) is 4.90 Å². The molecule has 5 nitrogen and oxygen atoms in total. The highest BCUT2D eigenvalue weighted by Crippen LogP contribution is 2.57. The maximum absolute atomic E-state index is 12.6. The van der Waals surface area contributed by atoms with E-state index >= 15 is 0 Å². The van der Waals surface area contributed by atoms with Crippen LogP contribution < -0.4 is 0 Å². The molecule has 4 rings (SSSR count). The number of ether oxygens (including phenoxy) is 1. The molecule has 3 saturated heterocycles. The topological polar surface area (TPSA) is 63.7 Å². The van der Waals surface area contributed by atoms with Crippen LogP contribution in [0.5, 0.6) is 0 Å². The molecule has 0 amide bonds. The molecule has 18 heavy (non-hydrogen) atoms. The smallest absolute Gasteiger partial charge is 0.320 e. The van der Waals surface area contributed by atoms with Gasteiger partial charge < -0.3 is 4.74 Å². The summed E-state index contributed by atoms with van der Waals surface area (Å²) in [5, 5.41) is 0. The first-order chi connectivity index (χ1) is 8.28. The number of hydrogen-bond acceptors (Lipinski definition) is 5. The van der Waals surface area contributed by atoms with Crippen LogP contribution in [-0.4, -0.2) is 49.2 Å². The Morgan fingerprint density at radius 1 is 1.17 bits per heavy atom. The van der Waals surface area contributed by atoms with E-state index in [4.69, 9.17) is 4.74 Å². The van der Waals surface area contributed by atoms with Crippen molar-refractivity contribution in [2.24, 2.45) is 16.2 Å². The fraction of sp³-hybridized carbons (Fsp3) is 0.769. The van der Waals surface area contributed by atoms with Crippen LogP contribution in [0.3, 0.4) is 0 Å². The predicted octanol–water partition coefficient (Wildman–Crippen LogP) is 0.0295. The lowest BCUT2D eigenvalue weighted by Gasteiger charge is -2.62. The Hall–Kier alpha value is -1.23. The van der Waals surface area contributed by atoms with Crippen molar-refractivity contribution in [1.29, 1.82) is 0 Å². The van der Waals surface area contributed by atoms with E-state index in [9.17, 15) is 14.4 Å². The minimum absolute atomic E-state index is 0.00419. The molecule has 3 aliphatic heterocycles. The Labute approximate surface area is 105 Å². The molecule has 1 unspecified atom stereocenters. The Balaban J connectivity index is 2.18. The van der Waals surface area contributed by atoms with Crippen LogP contribution >= 0.6 is 0 Å². The van der Waals surface area contributed by atoms with Crippen LogP contribution in [0, 0.1) is 16.2 Å². The molecule has 3 heterocycles. The summed E-state index contributed by atoms with van der Waals surface area (Å²) in [6.07, 6.45) is 0.302. The molecule has 0 radical (unpaired) electrons. The first-order valence-corrected chi connectivity index (χ1v) is 6.19. The maximum Gasteiger partial charge on any atom is 0.320 e. The molecule has 0 aromatic rings. The number of carbonyl (C=O) groups is 3. The highest BCUT2D eigenvalue weighted by atomic mass is 16.5. The average molecular weight is 251 g/mol. The largest absolute Gasteiger partial charge is 0.468 e. The number of ketones is 2. The zero-order valence-electron chi connectivity index (χ0n) is 10.9. The first kappa shape index (κ1) is 11.8. The highest BCUT2D eigenvalue weighted by Gasteiger charge is 2.72. The number of esters is 1. The molecule has 4 aliphatic rings. The Morgan fingerprint density at radius 3 is 2.44 bits per heavy atom. The molecule has 1 aliphatic carbocycles. The summed E-state index contributed by atoms with van der Waals surface area (Å²) in [5.74, 6) is -0.724. The van der Waals surface area contributed by atoms with Crippen LogP contribution in [0.2, 0.25) is 0 Å². The van der Waals surface area contributed by atoms with E-state index < -0.39 is 22.2 Å². The summed E-state index contributed by atoms with van der Waals surface area (Å²) in [5.41, 5.74) is -2.74.